The summed E-state index contributed by atoms with van der Waals surface area (Å²) in [5, 5.41) is 10.9. The van der Waals surface area contributed by atoms with Crippen molar-refractivity contribution in [1.29, 1.82) is 0 Å². The van der Waals surface area contributed by atoms with E-state index < -0.39 is 0 Å². The minimum absolute atomic E-state index is 0.298. The van der Waals surface area contributed by atoms with Crippen LogP contribution < -0.4 is 5.32 Å². The molecule has 1 aliphatic rings. The van der Waals surface area contributed by atoms with Crippen molar-refractivity contribution in [2.24, 2.45) is 0 Å². The van der Waals surface area contributed by atoms with Gasteiger partial charge in [-0.25, -0.2) is 4.79 Å². The predicted molar refractivity (Wildman–Crippen MR) is 89.5 cm³/mol. The van der Waals surface area contributed by atoms with Crippen LogP contribution in [0.15, 0.2) is 41.7 Å². The number of hydrogen-bond acceptors (Lipinski definition) is 4. The number of aromatic amines is 1. The summed E-state index contributed by atoms with van der Waals surface area (Å²) in [7, 11) is 0. The maximum atomic E-state index is 12.6. The molecule has 1 aliphatic heterocycles. The first-order valence-electron chi connectivity index (χ1n) is 7.62. The molecule has 1 unspecified atom stereocenters. The molecule has 0 fully saturated rings. The minimum atomic E-state index is -0.325. The Morgan fingerprint density at radius 1 is 1.30 bits per heavy atom. The number of benzene rings is 1. The van der Waals surface area contributed by atoms with Crippen LogP contribution in [0.1, 0.15) is 37.3 Å². The van der Waals surface area contributed by atoms with Crippen LogP contribution in [-0.4, -0.2) is 22.8 Å². The molecule has 0 amide bonds. The fraction of sp³-hybridized carbons (Fsp3) is 0.294. The molecular formula is C17H18ClN3O2. The van der Waals surface area contributed by atoms with Crippen molar-refractivity contribution in [3.63, 3.8) is 0 Å². The third-order valence-corrected chi connectivity index (χ3v) is 4.27. The number of carbonyl (C=O) groups excluding carboxylic acids is 1. The molecule has 0 saturated carbocycles. The van der Waals surface area contributed by atoms with Crippen molar-refractivity contribution >= 4 is 23.4 Å². The molecule has 1 aromatic carbocycles. The Morgan fingerprint density at radius 3 is 2.78 bits per heavy atom. The molecule has 1 atom stereocenters. The number of anilines is 1. The van der Waals surface area contributed by atoms with E-state index in [1.54, 1.807) is 13.1 Å². The number of esters is 1. The molecule has 3 rings (SSSR count). The number of H-pyrrole nitrogens is 1. The lowest BCUT2D eigenvalue weighted by Gasteiger charge is -2.28. The third-order valence-electron chi connectivity index (χ3n) is 3.93. The summed E-state index contributed by atoms with van der Waals surface area (Å²) < 4.78 is 5.29. The number of carbonyl (C=O) groups is 1. The summed E-state index contributed by atoms with van der Waals surface area (Å²) in [6.45, 7) is 4.11. The Bertz CT molecular complexity index is 767. The van der Waals surface area contributed by atoms with Crippen molar-refractivity contribution in [3.05, 3.63) is 57.9 Å². The van der Waals surface area contributed by atoms with Gasteiger partial charge >= 0.3 is 5.97 Å². The third kappa shape index (κ3) is 2.72. The van der Waals surface area contributed by atoms with E-state index in [4.69, 9.17) is 16.3 Å². The Kier molecular flexibility index (Phi) is 4.39. The standard InChI is InChI=1S/C17H18ClN3O2/c1-3-13-15(17(22)23-4-2)14(10-7-5-6-8-12(10)18)11-9-19-21-16(11)20-13/h5-9,14H,3-4H2,1-2H3,(H2,19,20,21). The number of fused-ring (bicyclic) bond motifs is 1. The summed E-state index contributed by atoms with van der Waals surface area (Å²) in [6.07, 6.45) is 2.46. The summed E-state index contributed by atoms with van der Waals surface area (Å²) in [5.74, 6) is 0.0983. The molecule has 23 heavy (non-hydrogen) atoms. The molecule has 120 valence electrons. The summed E-state index contributed by atoms with van der Waals surface area (Å²) >= 11 is 6.40. The maximum Gasteiger partial charge on any atom is 0.336 e. The lowest BCUT2D eigenvalue weighted by molar-refractivity contribution is -0.138. The zero-order chi connectivity index (χ0) is 16.4. The molecule has 0 radical (unpaired) electrons. The number of nitrogens with zero attached hydrogens (tertiary/aromatic N) is 1. The Balaban J connectivity index is 2.21. The van der Waals surface area contributed by atoms with Crippen LogP contribution in [0.4, 0.5) is 5.82 Å². The molecule has 2 N–H and O–H groups in total. The molecule has 2 aromatic rings. The second-order valence-electron chi connectivity index (χ2n) is 5.23. The largest absolute Gasteiger partial charge is 0.463 e. The Hall–Kier alpha value is -2.27. The van der Waals surface area contributed by atoms with Crippen LogP contribution in [-0.2, 0) is 9.53 Å². The fourth-order valence-electron chi connectivity index (χ4n) is 2.92. The number of allylic oxidation sites excluding steroid dienone is 1. The van der Waals surface area contributed by atoms with Crippen molar-refractivity contribution in [3.8, 4) is 0 Å². The first-order chi connectivity index (χ1) is 11.2. The molecule has 0 saturated heterocycles. The Labute approximate surface area is 139 Å². The molecular weight excluding hydrogens is 314 g/mol. The smallest absolute Gasteiger partial charge is 0.336 e. The SMILES string of the molecule is CCOC(=O)C1=C(CC)Nc2n[nH]cc2C1c1ccccc1Cl. The lowest BCUT2D eigenvalue weighted by Crippen LogP contribution is -2.25. The minimum Gasteiger partial charge on any atom is -0.463 e. The van der Waals surface area contributed by atoms with E-state index in [9.17, 15) is 4.79 Å². The van der Waals surface area contributed by atoms with Crippen LogP contribution in [0.5, 0.6) is 0 Å². The number of ether oxygens (including phenoxy) is 1. The maximum absolute atomic E-state index is 12.6. The highest BCUT2D eigenvalue weighted by Crippen LogP contribution is 2.43. The second-order valence-corrected chi connectivity index (χ2v) is 5.64. The van der Waals surface area contributed by atoms with Crippen molar-refractivity contribution in [1.82, 2.24) is 10.2 Å². The number of hydrogen-bond donors (Lipinski definition) is 2. The number of halogens is 1. The average molecular weight is 332 g/mol. The van der Waals surface area contributed by atoms with Crippen molar-refractivity contribution < 1.29 is 9.53 Å². The van der Waals surface area contributed by atoms with Gasteiger partial charge in [-0.05, 0) is 25.0 Å². The van der Waals surface area contributed by atoms with Crippen LogP contribution >= 0.6 is 11.6 Å². The van der Waals surface area contributed by atoms with Gasteiger partial charge < -0.3 is 10.1 Å². The van der Waals surface area contributed by atoms with Gasteiger partial charge in [0.15, 0.2) is 5.82 Å². The highest BCUT2D eigenvalue weighted by molar-refractivity contribution is 6.31. The van der Waals surface area contributed by atoms with E-state index in [2.05, 4.69) is 15.5 Å². The van der Waals surface area contributed by atoms with Gasteiger partial charge in [-0.15, -0.1) is 0 Å². The number of aromatic nitrogens is 2. The molecule has 0 spiro atoms. The Morgan fingerprint density at radius 2 is 2.09 bits per heavy atom. The second kappa shape index (κ2) is 6.46. The average Bonchev–Trinajstić information content (AvgIpc) is 3.02. The summed E-state index contributed by atoms with van der Waals surface area (Å²) in [4.78, 5) is 12.6. The van der Waals surface area contributed by atoms with Crippen LogP contribution in [0.2, 0.25) is 5.02 Å². The highest BCUT2D eigenvalue weighted by Gasteiger charge is 2.36. The molecule has 2 heterocycles. The number of nitrogens with one attached hydrogen (secondary N) is 2. The van der Waals surface area contributed by atoms with Gasteiger partial charge in [0.05, 0.1) is 12.2 Å². The fourth-order valence-corrected chi connectivity index (χ4v) is 3.17. The first kappa shape index (κ1) is 15.6. The van der Waals surface area contributed by atoms with E-state index in [1.165, 1.54) is 0 Å². The van der Waals surface area contributed by atoms with Gasteiger partial charge in [-0.3, -0.25) is 5.10 Å². The highest BCUT2D eigenvalue weighted by atomic mass is 35.5. The number of rotatable bonds is 4. The zero-order valence-corrected chi connectivity index (χ0v) is 13.8. The van der Waals surface area contributed by atoms with Crippen molar-refractivity contribution in [2.45, 2.75) is 26.2 Å². The van der Waals surface area contributed by atoms with Gasteiger partial charge in [0, 0.05) is 28.4 Å². The van der Waals surface area contributed by atoms with E-state index >= 15 is 0 Å². The van der Waals surface area contributed by atoms with Crippen LogP contribution in [0.25, 0.3) is 0 Å². The van der Waals surface area contributed by atoms with Crippen molar-refractivity contribution in [2.75, 3.05) is 11.9 Å². The summed E-state index contributed by atoms with van der Waals surface area (Å²) in [5.41, 5.74) is 3.16. The molecule has 0 bridgehead atoms. The van der Waals surface area contributed by atoms with Gasteiger partial charge in [0.1, 0.15) is 0 Å². The van der Waals surface area contributed by atoms with Gasteiger partial charge in [0.2, 0.25) is 0 Å². The quantitative estimate of drug-likeness (QED) is 0.835. The van der Waals surface area contributed by atoms with Gasteiger partial charge in [-0.1, -0.05) is 36.7 Å². The topological polar surface area (TPSA) is 67.0 Å². The van der Waals surface area contributed by atoms with E-state index in [1.807, 2.05) is 31.2 Å². The summed E-state index contributed by atoms with van der Waals surface area (Å²) in [6, 6.07) is 7.55. The van der Waals surface area contributed by atoms with Crippen LogP contribution in [0, 0.1) is 0 Å². The van der Waals surface area contributed by atoms with E-state index in [-0.39, 0.29) is 11.9 Å². The lowest BCUT2D eigenvalue weighted by atomic mass is 9.82. The van der Waals surface area contributed by atoms with E-state index in [0.717, 1.165) is 22.6 Å². The molecule has 1 aromatic heterocycles. The van der Waals surface area contributed by atoms with Gasteiger partial charge in [0.25, 0.3) is 0 Å². The zero-order valence-electron chi connectivity index (χ0n) is 13.0. The normalized spacial score (nSPS) is 16.7. The van der Waals surface area contributed by atoms with E-state index in [0.29, 0.717) is 23.6 Å². The van der Waals surface area contributed by atoms with Gasteiger partial charge in [-0.2, -0.15) is 5.10 Å². The first-order valence-corrected chi connectivity index (χ1v) is 8.00. The molecule has 0 aliphatic carbocycles. The predicted octanol–water partition coefficient (Wildman–Crippen LogP) is 3.85. The van der Waals surface area contributed by atoms with Crippen LogP contribution in [0.3, 0.4) is 0 Å². The molecule has 6 heteroatoms. The monoisotopic (exact) mass is 331 g/mol. The molecule has 5 nitrogen and oxygen atoms in total.